The Morgan fingerprint density at radius 3 is 2.52 bits per heavy atom. The summed E-state index contributed by atoms with van der Waals surface area (Å²) in [5.41, 5.74) is -3.08. The maximum absolute atomic E-state index is 13.0. The first-order valence-electron chi connectivity index (χ1n) is 7.64. The number of aliphatic hydroxyl groups excluding tert-OH is 1. The standard InChI is InChI=1S/C16H13BrF3N3O3S/c1-7(17)14(25)13-9-5-8(3-4-10(9)27-21-13)23-12(24)6-11(16(18,19)20)22(2)15(23)26/h3-7,14,25H,1-2H3. The van der Waals surface area contributed by atoms with E-state index in [0.29, 0.717) is 31.0 Å². The Morgan fingerprint density at radius 2 is 1.93 bits per heavy atom. The topological polar surface area (TPSA) is 77.1 Å². The highest BCUT2D eigenvalue weighted by Crippen LogP contribution is 2.32. The van der Waals surface area contributed by atoms with Crippen molar-refractivity contribution in [2.24, 2.45) is 7.05 Å². The third-order valence-corrected chi connectivity index (χ3v) is 5.41. The number of nitrogens with zero attached hydrogens (tertiary/aromatic N) is 3. The van der Waals surface area contributed by atoms with Crippen molar-refractivity contribution in [3.8, 4) is 5.69 Å². The molecule has 1 N–H and O–H groups in total. The summed E-state index contributed by atoms with van der Waals surface area (Å²) in [6.45, 7) is 1.73. The van der Waals surface area contributed by atoms with Crippen molar-refractivity contribution in [1.29, 1.82) is 0 Å². The van der Waals surface area contributed by atoms with Crippen LogP contribution in [0.2, 0.25) is 0 Å². The van der Waals surface area contributed by atoms with Crippen LogP contribution in [0.15, 0.2) is 33.9 Å². The Hall–Kier alpha value is -1.98. The van der Waals surface area contributed by atoms with Gasteiger partial charge in [0.05, 0.1) is 16.1 Å². The van der Waals surface area contributed by atoms with E-state index in [2.05, 4.69) is 20.3 Å². The second-order valence-corrected chi connectivity index (χ2v) is 8.16. The van der Waals surface area contributed by atoms with Crippen molar-refractivity contribution in [1.82, 2.24) is 13.5 Å². The molecule has 2 atom stereocenters. The second kappa shape index (κ2) is 6.88. The van der Waals surface area contributed by atoms with Crippen molar-refractivity contribution in [2.75, 3.05) is 0 Å². The van der Waals surface area contributed by atoms with Crippen LogP contribution in [0.1, 0.15) is 24.4 Å². The van der Waals surface area contributed by atoms with Crippen LogP contribution in [-0.2, 0) is 13.2 Å². The predicted molar refractivity (Wildman–Crippen MR) is 98.8 cm³/mol. The van der Waals surface area contributed by atoms with E-state index in [-0.39, 0.29) is 10.5 Å². The van der Waals surface area contributed by atoms with E-state index in [4.69, 9.17) is 0 Å². The van der Waals surface area contributed by atoms with Gasteiger partial charge in [-0.05, 0) is 36.7 Å². The van der Waals surface area contributed by atoms with E-state index in [0.717, 1.165) is 18.6 Å². The maximum Gasteiger partial charge on any atom is 0.431 e. The Labute approximate surface area is 162 Å². The summed E-state index contributed by atoms with van der Waals surface area (Å²) in [6.07, 6.45) is -5.75. The average Bonchev–Trinajstić information content (AvgIpc) is 2.99. The molecule has 2 aromatic heterocycles. The zero-order chi connectivity index (χ0) is 20.1. The van der Waals surface area contributed by atoms with E-state index in [1.165, 1.54) is 12.1 Å². The second-order valence-electron chi connectivity index (χ2n) is 5.91. The molecule has 0 fully saturated rings. The van der Waals surface area contributed by atoms with Crippen LogP contribution in [0, 0.1) is 0 Å². The molecule has 11 heteroatoms. The van der Waals surface area contributed by atoms with Crippen LogP contribution in [0.5, 0.6) is 0 Å². The lowest BCUT2D eigenvalue weighted by Crippen LogP contribution is -2.40. The van der Waals surface area contributed by atoms with Gasteiger partial charge in [-0.3, -0.25) is 9.36 Å². The molecule has 0 aliphatic rings. The molecule has 0 spiro atoms. The molecule has 3 rings (SSSR count). The van der Waals surface area contributed by atoms with E-state index in [9.17, 15) is 27.9 Å². The molecule has 0 saturated heterocycles. The highest BCUT2D eigenvalue weighted by molar-refractivity contribution is 9.09. The van der Waals surface area contributed by atoms with Crippen molar-refractivity contribution >= 4 is 37.5 Å². The van der Waals surface area contributed by atoms with Gasteiger partial charge in [0.2, 0.25) is 0 Å². The number of hydrogen-bond acceptors (Lipinski definition) is 5. The number of benzene rings is 1. The van der Waals surface area contributed by atoms with Crippen LogP contribution >= 0.6 is 27.5 Å². The third kappa shape index (κ3) is 3.46. The van der Waals surface area contributed by atoms with Gasteiger partial charge in [0, 0.05) is 23.3 Å². The lowest BCUT2D eigenvalue weighted by atomic mass is 10.1. The van der Waals surface area contributed by atoms with Gasteiger partial charge in [0.15, 0.2) is 0 Å². The first kappa shape index (κ1) is 19.8. The molecule has 0 radical (unpaired) electrons. The normalized spacial score (nSPS) is 14.5. The molecule has 0 amide bonds. The average molecular weight is 464 g/mol. The Morgan fingerprint density at radius 1 is 1.26 bits per heavy atom. The number of rotatable bonds is 3. The largest absolute Gasteiger partial charge is 0.431 e. The quantitative estimate of drug-likeness (QED) is 0.605. The fraction of sp³-hybridized carbons (Fsp3) is 0.312. The number of hydrogen-bond donors (Lipinski definition) is 1. The zero-order valence-corrected chi connectivity index (χ0v) is 16.4. The van der Waals surface area contributed by atoms with Crippen LogP contribution in [0.25, 0.3) is 15.8 Å². The summed E-state index contributed by atoms with van der Waals surface area (Å²) < 4.78 is 44.9. The first-order valence-corrected chi connectivity index (χ1v) is 9.33. The molecule has 2 unspecified atom stereocenters. The summed E-state index contributed by atoms with van der Waals surface area (Å²) in [5, 5.41) is 10.8. The molecule has 2 heterocycles. The third-order valence-electron chi connectivity index (χ3n) is 4.07. The Bertz CT molecular complexity index is 1130. The summed E-state index contributed by atoms with van der Waals surface area (Å²) in [4.78, 5) is 24.4. The molecule has 6 nitrogen and oxygen atoms in total. The van der Waals surface area contributed by atoms with Gasteiger partial charge in [-0.15, -0.1) is 0 Å². The summed E-state index contributed by atoms with van der Waals surface area (Å²) in [5.74, 6) is 0. The summed E-state index contributed by atoms with van der Waals surface area (Å²) in [7, 11) is 0.952. The van der Waals surface area contributed by atoms with Gasteiger partial charge in [-0.1, -0.05) is 15.9 Å². The van der Waals surface area contributed by atoms with Crippen molar-refractivity contribution in [3.63, 3.8) is 0 Å². The lowest BCUT2D eigenvalue weighted by Gasteiger charge is -2.14. The van der Waals surface area contributed by atoms with Gasteiger partial charge in [0.25, 0.3) is 5.56 Å². The molecule has 3 aromatic rings. The highest BCUT2D eigenvalue weighted by atomic mass is 79.9. The number of fused-ring (bicyclic) bond motifs is 1. The molecule has 1 aromatic carbocycles. The first-order chi connectivity index (χ1) is 12.5. The van der Waals surface area contributed by atoms with Gasteiger partial charge in [0.1, 0.15) is 11.8 Å². The van der Waals surface area contributed by atoms with Crippen molar-refractivity contribution in [2.45, 2.75) is 24.0 Å². The van der Waals surface area contributed by atoms with Gasteiger partial charge < -0.3 is 5.11 Å². The van der Waals surface area contributed by atoms with E-state index in [1.807, 2.05) is 0 Å². The monoisotopic (exact) mass is 463 g/mol. The van der Waals surface area contributed by atoms with Crippen molar-refractivity contribution in [3.05, 3.63) is 56.5 Å². The van der Waals surface area contributed by atoms with Crippen LogP contribution in [-0.4, -0.2) is 23.4 Å². The zero-order valence-electron chi connectivity index (χ0n) is 14.0. The smallest absolute Gasteiger partial charge is 0.386 e. The fourth-order valence-corrected chi connectivity index (χ4v) is 3.69. The maximum atomic E-state index is 13.0. The lowest BCUT2D eigenvalue weighted by molar-refractivity contribution is -0.144. The van der Waals surface area contributed by atoms with Crippen molar-refractivity contribution < 1.29 is 18.3 Å². The minimum absolute atomic E-state index is 0.0951. The molecule has 0 bridgehead atoms. The Kier molecular flexibility index (Phi) is 5.04. The van der Waals surface area contributed by atoms with E-state index >= 15 is 0 Å². The molecule has 144 valence electrons. The summed E-state index contributed by atoms with van der Waals surface area (Å²) in [6, 6.07) is 4.89. The Balaban J connectivity index is 2.25. The minimum Gasteiger partial charge on any atom is -0.386 e. The highest BCUT2D eigenvalue weighted by Gasteiger charge is 2.35. The number of aliphatic hydroxyl groups is 1. The van der Waals surface area contributed by atoms with E-state index < -0.39 is 29.2 Å². The van der Waals surface area contributed by atoms with Crippen LogP contribution < -0.4 is 11.2 Å². The molecule has 27 heavy (non-hydrogen) atoms. The van der Waals surface area contributed by atoms with Crippen LogP contribution in [0.3, 0.4) is 0 Å². The van der Waals surface area contributed by atoms with Gasteiger partial charge in [-0.2, -0.15) is 17.5 Å². The molecule has 0 saturated carbocycles. The fourth-order valence-electron chi connectivity index (χ4n) is 2.65. The minimum atomic E-state index is -4.82. The molecule has 0 aliphatic carbocycles. The van der Waals surface area contributed by atoms with Gasteiger partial charge >= 0.3 is 11.9 Å². The van der Waals surface area contributed by atoms with Crippen LogP contribution in [0.4, 0.5) is 13.2 Å². The van der Waals surface area contributed by atoms with Gasteiger partial charge in [-0.25, -0.2) is 9.36 Å². The summed E-state index contributed by atoms with van der Waals surface area (Å²) >= 11 is 4.40. The number of aromatic nitrogens is 3. The molecular formula is C16H13BrF3N3O3S. The molecule has 0 aliphatic heterocycles. The van der Waals surface area contributed by atoms with E-state index in [1.54, 1.807) is 13.0 Å². The number of alkyl halides is 4. The SMILES string of the molecule is CC(Br)C(O)c1nsc2ccc(-n3c(=O)cc(C(F)(F)F)n(C)c3=O)cc12. The molecular weight excluding hydrogens is 451 g/mol. The predicted octanol–water partition coefficient (Wildman–Crippen LogP) is 2.98. The number of halogens is 4.